The van der Waals surface area contributed by atoms with E-state index >= 15 is 0 Å². The number of nitrogens with one attached hydrogen (secondary N) is 1. The Bertz CT molecular complexity index is 1020. The number of aromatic nitrogens is 3. The molecule has 1 aliphatic heterocycles. The fourth-order valence-electron chi connectivity index (χ4n) is 3.63. The number of carbonyl (C=O) groups excluding carboxylic acids is 1. The molecule has 4 bridgehead atoms. The molecule has 3 heterocycles. The lowest BCUT2D eigenvalue weighted by Crippen LogP contribution is -2.42. The van der Waals surface area contributed by atoms with Crippen LogP contribution in [0.1, 0.15) is 31.9 Å². The van der Waals surface area contributed by atoms with Crippen LogP contribution in [0.4, 0.5) is 4.79 Å². The zero-order valence-electron chi connectivity index (χ0n) is 17.4. The number of benzene rings is 1. The van der Waals surface area contributed by atoms with E-state index in [-0.39, 0.29) is 12.1 Å². The summed E-state index contributed by atoms with van der Waals surface area (Å²) in [4.78, 5) is 23.6. The second-order valence-corrected chi connectivity index (χ2v) is 7.22. The number of hydrogen-bond donors (Lipinski definition) is 1. The molecule has 0 saturated carbocycles. The third-order valence-corrected chi connectivity index (χ3v) is 5.27. The Morgan fingerprint density at radius 3 is 3.03 bits per heavy atom. The van der Waals surface area contributed by atoms with Crippen molar-refractivity contribution in [3.8, 4) is 17.1 Å². The minimum atomic E-state index is -0.0908. The van der Waals surface area contributed by atoms with Crippen LogP contribution < -0.4 is 10.1 Å². The van der Waals surface area contributed by atoms with Crippen molar-refractivity contribution in [2.24, 2.45) is 0 Å². The van der Waals surface area contributed by atoms with Crippen molar-refractivity contribution in [2.45, 2.75) is 26.3 Å². The molecule has 30 heavy (non-hydrogen) atoms. The van der Waals surface area contributed by atoms with Crippen LogP contribution >= 0.6 is 0 Å². The number of fused-ring (bicyclic) bond motifs is 7. The molecule has 2 amide bonds. The van der Waals surface area contributed by atoms with E-state index in [0.717, 1.165) is 23.2 Å². The van der Waals surface area contributed by atoms with Gasteiger partial charge in [0.2, 0.25) is 5.65 Å². The van der Waals surface area contributed by atoms with Crippen LogP contribution in [0.15, 0.2) is 42.9 Å². The van der Waals surface area contributed by atoms with Crippen LogP contribution in [0.2, 0.25) is 0 Å². The molecule has 4 rings (SSSR count). The topological polar surface area (TPSA) is 81.0 Å². The Balaban J connectivity index is 1.74. The summed E-state index contributed by atoms with van der Waals surface area (Å²) in [5.74, 6) is 0.507. The molecule has 1 aliphatic rings. The first-order valence-corrected chi connectivity index (χ1v) is 10.4. The van der Waals surface area contributed by atoms with Crippen LogP contribution in [-0.4, -0.2) is 58.2 Å². The predicted octanol–water partition coefficient (Wildman–Crippen LogP) is 3.29. The van der Waals surface area contributed by atoms with Gasteiger partial charge in [0.1, 0.15) is 0 Å². The van der Waals surface area contributed by atoms with Crippen molar-refractivity contribution in [1.29, 1.82) is 0 Å². The van der Waals surface area contributed by atoms with E-state index in [2.05, 4.69) is 16.4 Å². The second-order valence-electron chi connectivity index (χ2n) is 7.22. The molecule has 0 saturated heterocycles. The molecule has 0 unspecified atom stereocenters. The van der Waals surface area contributed by atoms with Gasteiger partial charge in [0, 0.05) is 50.3 Å². The summed E-state index contributed by atoms with van der Waals surface area (Å²) in [7, 11) is 0. The lowest BCUT2D eigenvalue weighted by atomic mass is 10.0. The lowest BCUT2D eigenvalue weighted by Gasteiger charge is -2.29. The lowest BCUT2D eigenvalue weighted by molar-refractivity contribution is 0.118. The van der Waals surface area contributed by atoms with E-state index in [1.165, 1.54) is 0 Å². The van der Waals surface area contributed by atoms with Crippen molar-refractivity contribution in [3.05, 3.63) is 48.4 Å². The maximum atomic E-state index is 12.7. The van der Waals surface area contributed by atoms with Crippen LogP contribution in [-0.2, 0) is 4.74 Å². The van der Waals surface area contributed by atoms with Crippen molar-refractivity contribution in [3.63, 3.8) is 0 Å². The monoisotopic (exact) mass is 409 g/mol. The highest BCUT2D eigenvalue weighted by molar-refractivity contribution is 5.75. The standard InChI is InChI=1S/C22H27N5O3/c1-3-27-16(2)17-6-4-7-18(14-17)19-15-26-10-8-23-20(26)21(25-19)30-12-5-11-29-13-9-24-22(27)28/h4,6-8,10,14-16H,3,5,9,11-13H2,1-2H3,(H,24,28)/t16-/m1/s1. The molecule has 3 aromatic rings. The molecule has 1 atom stereocenters. The molecular weight excluding hydrogens is 382 g/mol. The molecule has 0 fully saturated rings. The highest BCUT2D eigenvalue weighted by atomic mass is 16.5. The summed E-state index contributed by atoms with van der Waals surface area (Å²) in [6, 6.07) is 7.95. The average molecular weight is 409 g/mol. The number of hydrogen-bond acceptors (Lipinski definition) is 5. The summed E-state index contributed by atoms with van der Waals surface area (Å²) in [6.45, 7) is 6.59. The molecule has 1 N–H and O–H groups in total. The normalized spacial score (nSPS) is 18.5. The Kier molecular flexibility index (Phi) is 6.13. The summed E-state index contributed by atoms with van der Waals surface area (Å²) in [5, 5.41) is 2.95. The SMILES string of the molecule is CCN1C(=O)NCCOCCCOc2nc(cn3ccnc23)-c2cccc(c2)[C@H]1C. The van der Waals surface area contributed by atoms with Gasteiger partial charge in [-0.2, -0.15) is 0 Å². The van der Waals surface area contributed by atoms with Crippen molar-refractivity contribution in [1.82, 2.24) is 24.6 Å². The zero-order valence-corrected chi connectivity index (χ0v) is 17.4. The summed E-state index contributed by atoms with van der Waals surface area (Å²) in [5.41, 5.74) is 3.48. The summed E-state index contributed by atoms with van der Waals surface area (Å²) in [6.07, 6.45) is 6.29. The minimum absolute atomic E-state index is 0.0840. The van der Waals surface area contributed by atoms with Gasteiger partial charge in [-0.1, -0.05) is 18.2 Å². The Morgan fingerprint density at radius 1 is 1.27 bits per heavy atom. The van der Waals surface area contributed by atoms with Gasteiger partial charge in [0.25, 0.3) is 5.88 Å². The average Bonchev–Trinajstić information content (AvgIpc) is 3.24. The van der Waals surface area contributed by atoms with Crippen molar-refractivity contribution >= 4 is 11.7 Å². The number of ether oxygens (including phenoxy) is 2. The first-order valence-electron chi connectivity index (χ1n) is 10.4. The van der Waals surface area contributed by atoms with Crippen LogP contribution in [0, 0.1) is 0 Å². The van der Waals surface area contributed by atoms with Gasteiger partial charge < -0.3 is 24.1 Å². The van der Waals surface area contributed by atoms with Crippen molar-refractivity contribution in [2.75, 3.05) is 32.9 Å². The van der Waals surface area contributed by atoms with E-state index in [9.17, 15) is 4.79 Å². The second kappa shape index (κ2) is 9.13. The molecule has 8 heteroatoms. The predicted molar refractivity (Wildman–Crippen MR) is 114 cm³/mol. The quantitative estimate of drug-likeness (QED) is 0.667. The third kappa shape index (κ3) is 4.23. The molecule has 8 nitrogen and oxygen atoms in total. The first kappa shape index (κ1) is 20.2. The number of urea groups is 1. The van der Waals surface area contributed by atoms with Gasteiger partial charge in [0.15, 0.2) is 0 Å². The molecule has 158 valence electrons. The highest BCUT2D eigenvalue weighted by Gasteiger charge is 2.20. The van der Waals surface area contributed by atoms with Gasteiger partial charge in [-0.05, 0) is 25.5 Å². The smallest absolute Gasteiger partial charge is 0.317 e. The fraction of sp³-hybridized carbons (Fsp3) is 0.409. The summed E-state index contributed by atoms with van der Waals surface area (Å²) >= 11 is 0. The molecule has 1 aromatic carbocycles. The molecule has 0 aliphatic carbocycles. The van der Waals surface area contributed by atoms with Gasteiger partial charge in [-0.25, -0.2) is 14.8 Å². The van der Waals surface area contributed by atoms with E-state index in [1.54, 1.807) is 6.20 Å². The van der Waals surface area contributed by atoms with Gasteiger partial charge in [0.05, 0.1) is 24.9 Å². The molecular formula is C22H27N5O3. The summed E-state index contributed by atoms with van der Waals surface area (Å²) < 4.78 is 13.5. The number of nitrogens with zero attached hydrogens (tertiary/aromatic N) is 4. The molecule has 2 aromatic heterocycles. The van der Waals surface area contributed by atoms with Crippen LogP contribution in [0.25, 0.3) is 16.9 Å². The zero-order chi connectivity index (χ0) is 20.9. The maximum Gasteiger partial charge on any atom is 0.317 e. The third-order valence-electron chi connectivity index (χ3n) is 5.27. The van der Waals surface area contributed by atoms with Gasteiger partial charge in [-0.3, -0.25) is 0 Å². The number of carbonyl (C=O) groups is 1. The maximum absolute atomic E-state index is 12.7. The van der Waals surface area contributed by atoms with Gasteiger partial charge in [-0.15, -0.1) is 0 Å². The first-order chi connectivity index (χ1) is 14.7. The van der Waals surface area contributed by atoms with Crippen molar-refractivity contribution < 1.29 is 14.3 Å². The molecule has 0 radical (unpaired) electrons. The largest absolute Gasteiger partial charge is 0.475 e. The van der Waals surface area contributed by atoms with Gasteiger partial charge >= 0.3 is 6.03 Å². The van der Waals surface area contributed by atoms with E-state index in [1.807, 2.05) is 53.7 Å². The minimum Gasteiger partial charge on any atom is -0.475 e. The van der Waals surface area contributed by atoms with E-state index in [0.29, 0.717) is 44.4 Å². The Hall–Kier alpha value is -3.13. The Labute approximate surface area is 175 Å². The van der Waals surface area contributed by atoms with E-state index in [4.69, 9.17) is 14.5 Å². The fourth-order valence-corrected chi connectivity index (χ4v) is 3.63. The molecule has 0 spiro atoms. The highest BCUT2D eigenvalue weighted by Crippen LogP contribution is 2.28. The Morgan fingerprint density at radius 2 is 2.17 bits per heavy atom. The number of imidazole rings is 1. The number of amides is 2. The van der Waals surface area contributed by atoms with Crippen LogP contribution in [0.5, 0.6) is 5.88 Å². The number of rotatable bonds is 1. The van der Waals surface area contributed by atoms with Crippen LogP contribution in [0.3, 0.4) is 0 Å². The van der Waals surface area contributed by atoms with E-state index < -0.39 is 0 Å².